The maximum absolute atomic E-state index is 3.44. The predicted octanol–water partition coefficient (Wildman–Crippen LogP) is 3.77. The van der Waals surface area contributed by atoms with Gasteiger partial charge in [-0.2, -0.15) is 0 Å². The molecular formula is C13H23NS. The summed E-state index contributed by atoms with van der Waals surface area (Å²) in [5, 5.41) is 3.44. The summed E-state index contributed by atoms with van der Waals surface area (Å²) in [5.74, 6) is 0. The van der Waals surface area contributed by atoms with Crippen LogP contribution in [0.1, 0.15) is 42.4 Å². The molecule has 0 aliphatic carbocycles. The largest absolute Gasteiger partial charge is 0.317 e. The van der Waals surface area contributed by atoms with E-state index in [1.54, 1.807) is 4.88 Å². The molecule has 1 aromatic heterocycles. The Bertz CT molecular complexity index is 255. The first-order chi connectivity index (χ1) is 7.33. The lowest BCUT2D eigenvalue weighted by Gasteiger charge is -2.02. The highest BCUT2D eigenvalue weighted by molar-refractivity contribution is 7.11. The molecule has 0 bridgehead atoms. The van der Waals surface area contributed by atoms with Crippen molar-refractivity contribution in [3.63, 3.8) is 0 Å². The summed E-state index contributed by atoms with van der Waals surface area (Å²) in [4.78, 5) is 2.99. The monoisotopic (exact) mass is 225 g/mol. The molecule has 0 aliphatic rings. The molecule has 0 radical (unpaired) electrons. The van der Waals surface area contributed by atoms with Gasteiger partial charge in [-0.1, -0.05) is 13.3 Å². The van der Waals surface area contributed by atoms with E-state index < -0.39 is 0 Å². The molecule has 2 heteroatoms. The van der Waals surface area contributed by atoms with Gasteiger partial charge in [-0.3, -0.25) is 0 Å². The summed E-state index contributed by atoms with van der Waals surface area (Å²) in [6, 6.07) is 4.50. The second-order valence-electron chi connectivity index (χ2n) is 4.07. The van der Waals surface area contributed by atoms with E-state index in [2.05, 4.69) is 31.3 Å². The van der Waals surface area contributed by atoms with E-state index in [0.29, 0.717) is 0 Å². The number of aryl methyl sites for hydroxylation is 2. The Labute approximate surface area is 97.9 Å². The molecule has 86 valence electrons. The smallest absolute Gasteiger partial charge is 0.00480 e. The maximum Gasteiger partial charge on any atom is 0.00480 e. The van der Waals surface area contributed by atoms with Gasteiger partial charge in [0.2, 0.25) is 0 Å². The number of nitrogens with one attached hydrogen (secondary N) is 1. The number of hydrogen-bond donors (Lipinski definition) is 1. The fraction of sp³-hybridized carbons (Fsp3) is 0.692. The van der Waals surface area contributed by atoms with Gasteiger partial charge < -0.3 is 5.32 Å². The van der Waals surface area contributed by atoms with Crippen LogP contribution in [0.3, 0.4) is 0 Å². The molecule has 0 aliphatic heterocycles. The molecule has 0 unspecified atom stereocenters. The first kappa shape index (κ1) is 12.7. The van der Waals surface area contributed by atoms with Crippen LogP contribution < -0.4 is 5.32 Å². The third-order valence-electron chi connectivity index (χ3n) is 2.50. The number of rotatable bonds is 8. The van der Waals surface area contributed by atoms with Gasteiger partial charge >= 0.3 is 0 Å². The van der Waals surface area contributed by atoms with Gasteiger partial charge in [-0.15, -0.1) is 11.3 Å². The van der Waals surface area contributed by atoms with Crippen molar-refractivity contribution in [3.8, 4) is 0 Å². The van der Waals surface area contributed by atoms with E-state index in [0.717, 1.165) is 0 Å². The molecule has 1 nitrogen and oxygen atoms in total. The Morgan fingerprint density at radius 3 is 2.67 bits per heavy atom. The van der Waals surface area contributed by atoms with Crippen molar-refractivity contribution in [3.05, 3.63) is 21.9 Å². The van der Waals surface area contributed by atoms with Gasteiger partial charge in [0.05, 0.1) is 0 Å². The van der Waals surface area contributed by atoms with E-state index in [-0.39, 0.29) is 0 Å². The van der Waals surface area contributed by atoms with Gasteiger partial charge in [0.15, 0.2) is 0 Å². The molecular weight excluding hydrogens is 202 g/mol. The highest BCUT2D eigenvalue weighted by Gasteiger charge is 1.96. The number of unbranched alkanes of at least 4 members (excludes halogenated alkanes) is 2. The first-order valence-electron chi connectivity index (χ1n) is 6.09. The number of hydrogen-bond acceptors (Lipinski definition) is 2. The SMILES string of the molecule is CCCNCCCCCc1ccc(C)s1. The van der Waals surface area contributed by atoms with E-state index in [9.17, 15) is 0 Å². The van der Waals surface area contributed by atoms with E-state index >= 15 is 0 Å². The maximum atomic E-state index is 3.44. The predicted molar refractivity (Wildman–Crippen MR) is 69.8 cm³/mol. The molecule has 1 rings (SSSR count). The lowest BCUT2D eigenvalue weighted by molar-refractivity contribution is 0.600. The van der Waals surface area contributed by atoms with Gasteiger partial charge in [0.1, 0.15) is 0 Å². The molecule has 0 saturated heterocycles. The third kappa shape index (κ3) is 5.95. The van der Waals surface area contributed by atoms with Gasteiger partial charge in [-0.25, -0.2) is 0 Å². The highest BCUT2D eigenvalue weighted by Crippen LogP contribution is 2.17. The Morgan fingerprint density at radius 1 is 1.13 bits per heavy atom. The molecule has 0 amide bonds. The van der Waals surface area contributed by atoms with Crippen LogP contribution in [-0.4, -0.2) is 13.1 Å². The van der Waals surface area contributed by atoms with Gasteiger partial charge in [0, 0.05) is 9.75 Å². The summed E-state index contributed by atoms with van der Waals surface area (Å²) in [6.07, 6.45) is 6.53. The molecule has 15 heavy (non-hydrogen) atoms. The van der Waals surface area contributed by atoms with Gasteiger partial charge in [0.25, 0.3) is 0 Å². The average molecular weight is 225 g/mol. The zero-order chi connectivity index (χ0) is 10.9. The third-order valence-corrected chi connectivity index (χ3v) is 3.56. The summed E-state index contributed by atoms with van der Waals surface area (Å²) >= 11 is 1.94. The molecule has 0 spiro atoms. The molecule has 0 aromatic carbocycles. The Morgan fingerprint density at radius 2 is 2.00 bits per heavy atom. The van der Waals surface area contributed by atoms with Crippen molar-refractivity contribution in [1.29, 1.82) is 0 Å². The van der Waals surface area contributed by atoms with Crippen molar-refractivity contribution in [1.82, 2.24) is 5.32 Å². The Hall–Kier alpha value is -0.340. The Kier molecular flexibility index (Phi) is 6.69. The first-order valence-corrected chi connectivity index (χ1v) is 6.90. The number of thiophene rings is 1. The van der Waals surface area contributed by atoms with Gasteiger partial charge in [-0.05, 0) is 57.8 Å². The molecule has 0 atom stereocenters. The molecule has 1 aromatic rings. The lowest BCUT2D eigenvalue weighted by atomic mass is 10.2. The quantitative estimate of drug-likeness (QED) is 0.664. The van der Waals surface area contributed by atoms with Crippen molar-refractivity contribution in [2.75, 3.05) is 13.1 Å². The fourth-order valence-corrected chi connectivity index (χ4v) is 2.58. The van der Waals surface area contributed by atoms with E-state index in [1.165, 1.54) is 50.1 Å². The topological polar surface area (TPSA) is 12.0 Å². The van der Waals surface area contributed by atoms with Crippen molar-refractivity contribution >= 4 is 11.3 Å². The zero-order valence-electron chi connectivity index (χ0n) is 10.0. The van der Waals surface area contributed by atoms with E-state index in [4.69, 9.17) is 0 Å². The molecule has 1 N–H and O–H groups in total. The van der Waals surface area contributed by atoms with Crippen LogP contribution in [0.4, 0.5) is 0 Å². The molecule has 1 heterocycles. The fourth-order valence-electron chi connectivity index (χ4n) is 1.65. The minimum absolute atomic E-state index is 1.17. The van der Waals surface area contributed by atoms with Crippen LogP contribution in [0.25, 0.3) is 0 Å². The lowest BCUT2D eigenvalue weighted by Crippen LogP contribution is -2.15. The average Bonchev–Trinajstić information content (AvgIpc) is 2.63. The van der Waals surface area contributed by atoms with Crippen LogP contribution in [0.15, 0.2) is 12.1 Å². The molecule has 0 fully saturated rings. The Balaban J connectivity index is 1.93. The minimum Gasteiger partial charge on any atom is -0.317 e. The summed E-state index contributed by atoms with van der Waals surface area (Å²) in [6.45, 7) is 6.76. The van der Waals surface area contributed by atoms with Crippen LogP contribution in [0.5, 0.6) is 0 Å². The second-order valence-corrected chi connectivity index (χ2v) is 5.45. The van der Waals surface area contributed by atoms with Crippen molar-refractivity contribution < 1.29 is 0 Å². The zero-order valence-corrected chi connectivity index (χ0v) is 10.8. The second kappa shape index (κ2) is 7.89. The van der Waals surface area contributed by atoms with Crippen molar-refractivity contribution in [2.24, 2.45) is 0 Å². The van der Waals surface area contributed by atoms with Crippen molar-refractivity contribution in [2.45, 2.75) is 46.0 Å². The van der Waals surface area contributed by atoms with Crippen LogP contribution in [0.2, 0.25) is 0 Å². The van der Waals surface area contributed by atoms with E-state index in [1.807, 2.05) is 11.3 Å². The van der Waals surface area contributed by atoms with Crippen LogP contribution in [-0.2, 0) is 6.42 Å². The minimum atomic E-state index is 1.17. The van der Waals surface area contributed by atoms with Crippen LogP contribution in [0, 0.1) is 6.92 Å². The summed E-state index contributed by atoms with van der Waals surface area (Å²) < 4.78 is 0. The molecule has 0 saturated carbocycles. The normalized spacial score (nSPS) is 10.8. The summed E-state index contributed by atoms with van der Waals surface area (Å²) in [7, 11) is 0. The van der Waals surface area contributed by atoms with Crippen LogP contribution >= 0.6 is 11.3 Å². The highest BCUT2D eigenvalue weighted by atomic mass is 32.1. The summed E-state index contributed by atoms with van der Waals surface area (Å²) in [5.41, 5.74) is 0. The standard InChI is InChI=1S/C13H23NS/c1-3-10-14-11-6-4-5-7-13-9-8-12(2)15-13/h8-9,14H,3-7,10-11H2,1-2H3.